The number of rotatable bonds is 5. The molecule has 0 bridgehead atoms. The van der Waals surface area contributed by atoms with Crippen LogP contribution < -0.4 is 4.90 Å². The molecule has 2 aliphatic heterocycles. The number of nitriles is 1. The molecule has 6 nitrogen and oxygen atoms in total. The highest BCUT2D eigenvalue weighted by Crippen LogP contribution is 2.38. The van der Waals surface area contributed by atoms with E-state index >= 15 is 0 Å². The Bertz CT molecular complexity index is 1050. The lowest BCUT2D eigenvalue weighted by Gasteiger charge is -2.40. The first-order valence-corrected chi connectivity index (χ1v) is 11.9. The van der Waals surface area contributed by atoms with Crippen molar-refractivity contribution in [2.45, 2.75) is 59.2 Å². The highest BCUT2D eigenvalue weighted by molar-refractivity contribution is 5.79. The predicted octanol–water partition coefficient (Wildman–Crippen LogP) is 3.89. The first kappa shape index (κ1) is 23.3. The van der Waals surface area contributed by atoms with Gasteiger partial charge in [-0.1, -0.05) is 44.2 Å². The molecule has 0 unspecified atom stereocenters. The topological polar surface area (TPSA) is 69.5 Å². The number of amides is 1. The predicted molar refractivity (Wildman–Crippen MR) is 129 cm³/mol. The van der Waals surface area contributed by atoms with E-state index in [2.05, 4.69) is 38.7 Å². The molecule has 0 atom stereocenters. The lowest BCUT2D eigenvalue weighted by molar-refractivity contribution is -0.130. The van der Waals surface area contributed by atoms with Crippen LogP contribution in [0.2, 0.25) is 0 Å². The number of aromatic nitrogens is 1. The van der Waals surface area contributed by atoms with Gasteiger partial charge in [-0.25, -0.2) is 4.98 Å². The number of carbonyl (C=O) groups is 1. The molecule has 0 radical (unpaired) electrons. The number of hydrogen-bond donors (Lipinski definition) is 0. The Morgan fingerprint density at radius 2 is 1.85 bits per heavy atom. The zero-order valence-corrected chi connectivity index (χ0v) is 20.2. The molecule has 4 rings (SSSR count). The minimum Gasteiger partial charge on any atom is -0.370 e. The molecule has 3 heterocycles. The van der Waals surface area contributed by atoms with Crippen molar-refractivity contribution < 1.29 is 9.53 Å². The van der Waals surface area contributed by atoms with Gasteiger partial charge in [0.05, 0.1) is 30.0 Å². The van der Waals surface area contributed by atoms with E-state index in [1.807, 2.05) is 35.2 Å². The fourth-order valence-corrected chi connectivity index (χ4v) is 4.86. The third kappa shape index (κ3) is 5.20. The van der Waals surface area contributed by atoms with Crippen molar-refractivity contribution in [1.29, 1.82) is 5.26 Å². The highest BCUT2D eigenvalue weighted by Gasteiger charge is 2.34. The normalized spacial score (nSPS) is 17.6. The quantitative estimate of drug-likeness (QED) is 0.697. The van der Waals surface area contributed by atoms with Crippen LogP contribution in [0.3, 0.4) is 0 Å². The number of anilines is 1. The van der Waals surface area contributed by atoms with E-state index in [0.29, 0.717) is 44.1 Å². The molecule has 2 aromatic rings. The van der Waals surface area contributed by atoms with E-state index in [9.17, 15) is 10.1 Å². The van der Waals surface area contributed by atoms with Crippen LogP contribution in [0.5, 0.6) is 0 Å². The van der Waals surface area contributed by atoms with E-state index < -0.39 is 0 Å². The van der Waals surface area contributed by atoms with Gasteiger partial charge < -0.3 is 14.5 Å². The standard InChI is InChI=1S/C27H34N4O2/c1-19(2)14-23-26(22-18-33-27(3,4)16-21(22)24(17-28)29-23)31-12-10-30(11-13-31)25(32)15-20-8-6-5-7-9-20/h5-9,19H,10-16,18H2,1-4H3. The molecule has 0 saturated carbocycles. The summed E-state index contributed by atoms with van der Waals surface area (Å²) in [4.78, 5) is 22.0. The van der Waals surface area contributed by atoms with Crippen LogP contribution in [0.15, 0.2) is 30.3 Å². The molecule has 1 aromatic heterocycles. The van der Waals surface area contributed by atoms with Crippen LogP contribution in [0.4, 0.5) is 5.69 Å². The summed E-state index contributed by atoms with van der Waals surface area (Å²) in [6, 6.07) is 12.3. The summed E-state index contributed by atoms with van der Waals surface area (Å²) >= 11 is 0. The van der Waals surface area contributed by atoms with Crippen LogP contribution in [-0.4, -0.2) is 47.6 Å². The number of nitrogens with zero attached hydrogens (tertiary/aromatic N) is 4. The lowest BCUT2D eigenvalue weighted by Crippen LogP contribution is -2.50. The number of fused-ring (bicyclic) bond motifs is 1. The average Bonchev–Trinajstić information content (AvgIpc) is 2.78. The lowest BCUT2D eigenvalue weighted by atomic mass is 9.88. The average molecular weight is 447 g/mol. The van der Waals surface area contributed by atoms with E-state index in [0.717, 1.165) is 47.6 Å². The van der Waals surface area contributed by atoms with Crippen LogP contribution in [-0.2, 0) is 35.4 Å². The van der Waals surface area contributed by atoms with Gasteiger partial charge in [0.15, 0.2) is 0 Å². The number of pyridine rings is 1. The molecule has 1 fully saturated rings. The van der Waals surface area contributed by atoms with E-state index in [4.69, 9.17) is 9.72 Å². The summed E-state index contributed by atoms with van der Waals surface area (Å²) in [6.45, 7) is 11.9. The first-order valence-electron chi connectivity index (χ1n) is 11.9. The molecule has 0 N–H and O–H groups in total. The van der Waals surface area contributed by atoms with E-state index in [1.54, 1.807) is 0 Å². The largest absolute Gasteiger partial charge is 0.370 e. The van der Waals surface area contributed by atoms with Gasteiger partial charge in [0.1, 0.15) is 11.8 Å². The number of carbonyl (C=O) groups excluding carboxylic acids is 1. The second kappa shape index (κ2) is 9.52. The van der Waals surface area contributed by atoms with Crippen LogP contribution in [0.25, 0.3) is 0 Å². The molecule has 6 heteroatoms. The van der Waals surface area contributed by atoms with Crippen molar-refractivity contribution in [1.82, 2.24) is 9.88 Å². The summed E-state index contributed by atoms with van der Waals surface area (Å²) in [5.74, 6) is 0.601. The summed E-state index contributed by atoms with van der Waals surface area (Å²) in [7, 11) is 0. The van der Waals surface area contributed by atoms with Gasteiger partial charge in [0.2, 0.25) is 5.91 Å². The number of hydrogen-bond acceptors (Lipinski definition) is 5. The summed E-state index contributed by atoms with van der Waals surface area (Å²) in [6.07, 6.45) is 1.94. The minimum absolute atomic E-state index is 0.174. The Balaban J connectivity index is 1.58. The van der Waals surface area contributed by atoms with Crippen molar-refractivity contribution in [3.05, 3.63) is 58.4 Å². The maximum Gasteiger partial charge on any atom is 0.227 e. The second-order valence-corrected chi connectivity index (χ2v) is 10.2. The Hall–Kier alpha value is -2.91. The fourth-order valence-electron chi connectivity index (χ4n) is 4.86. The van der Waals surface area contributed by atoms with Crippen molar-refractivity contribution in [2.75, 3.05) is 31.1 Å². The van der Waals surface area contributed by atoms with Gasteiger partial charge in [-0.2, -0.15) is 5.26 Å². The molecule has 33 heavy (non-hydrogen) atoms. The maximum atomic E-state index is 12.8. The highest BCUT2D eigenvalue weighted by atomic mass is 16.5. The van der Waals surface area contributed by atoms with Crippen molar-refractivity contribution in [3.8, 4) is 6.07 Å². The van der Waals surface area contributed by atoms with Crippen LogP contribution in [0.1, 0.15) is 55.8 Å². The van der Waals surface area contributed by atoms with E-state index in [1.165, 1.54) is 0 Å². The SMILES string of the molecule is CC(C)Cc1nc(C#N)c2c(c1N1CCN(C(=O)Cc3ccccc3)CC1)COC(C)(C)C2. The molecule has 1 amide bonds. The van der Waals surface area contributed by atoms with Gasteiger partial charge >= 0.3 is 0 Å². The van der Waals surface area contributed by atoms with Crippen molar-refractivity contribution in [2.24, 2.45) is 5.92 Å². The number of ether oxygens (including phenoxy) is 1. The van der Waals surface area contributed by atoms with Crippen LogP contribution in [0, 0.1) is 17.2 Å². The van der Waals surface area contributed by atoms with Crippen LogP contribution >= 0.6 is 0 Å². The molecule has 1 aromatic carbocycles. The summed E-state index contributed by atoms with van der Waals surface area (Å²) in [5, 5.41) is 9.83. The Morgan fingerprint density at radius 3 is 2.48 bits per heavy atom. The molecule has 2 aliphatic rings. The summed E-state index contributed by atoms with van der Waals surface area (Å²) < 4.78 is 6.18. The Kier molecular flexibility index (Phi) is 6.71. The van der Waals surface area contributed by atoms with Gasteiger partial charge in [-0.3, -0.25) is 4.79 Å². The third-order valence-electron chi connectivity index (χ3n) is 6.52. The van der Waals surface area contributed by atoms with Gasteiger partial charge in [-0.15, -0.1) is 0 Å². The molecular formula is C27H34N4O2. The molecule has 0 aliphatic carbocycles. The van der Waals surface area contributed by atoms with E-state index in [-0.39, 0.29) is 11.5 Å². The minimum atomic E-state index is -0.306. The maximum absolute atomic E-state index is 12.8. The van der Waals surface area contributed by atoms with Gasteiger partial charge in [0, 0.05) is 38.2 Å². The zero-order chi connectivity index (χ0) is 23.6. The second-order valence-electron chi connectivity index (χ2n) is 10.2. The third-order valence-corrected chi connectivity index (χ3v) is 6.52. The molecule has 1 saturated heterocycles. The van der Waals surface area contributed by atoms with Crippen molar-refractivity contribution in [3.63, 3.8) is 0 Å². The molecule has 0 spiro atoms. The Morgan fingerprint density at radius 1 is 1.15 bits per heavy atom. The Labute approximate surface area is 197 Å². The van der Waals surface area contributed by atoms with Gasteiger partial charge in [0.25, 0.3) is 0 Å². The number of piperazine rings is 1. The first-order chi connectivity index (χ1) is 15.8. The fraction of sp³-hybridized carbons (Fsp3) is 0.519. The smallest absolute Gasteiger partial charge is 0.227 e. The van der Waals surface area contributed by atoms with Gasteiger partial charge in [-0.05, 0) is 37.3 Å². The van der Waals surface area contributed by atoms with Crippen molar-refractivity contribution >= 4 is 11.6 Å². The molecule has 174 valence electrons. The number of benzene rings is 1. The zero-order valence-electron chi connectivity index (χ0n) is 20.2. The monoisotopic (exact) mass is 446 g/mol. The molecular weight excluding hydrogens is 412 g/mol. The summed E-state index contributed by atoms with van der Waals surface area (Å²) in [5.41, 5.74) is 5.53.